The maximum Gasteiger partial charge on any atom is 0.271 e. The molecule has 6 nitrogen and oxygen atoms in total. The molecule has 7 heteroatoms. The number of ether oxygens (including phenoxy) is 1. The van der Waals surface area contributed by atoms with E-state index in [0.29, 0.717) is 17.8 Å². The topological polar surface area (TPSA) is 73.2 Å². The number of hydrogen-bond acceptors (Lipinski definition) is 5. The summed E-state index contributed by atoms with van der Waals surface area (Å²) in [6.45, 7) is 3.32. The molecule has 154 valence electrons. The molecule has 1 fully saturated rings. The first-order chi connectivity index (χ1) is 14.6. The second-order valence-corrected chi connectivity index (χ2v) is 8.32. The molecule has 2 heterocycles. The van der Waals surface area contributed by atoms with Crippen LogP contribution in [0, 0.1) is 6.92 Å². The van der Waals surface area contributed by atoms with Gasteiger partial charge in [0.25, 0.3) is 11.5 Å². The van der Waals surface area contributed by atoms with Gasteiger partial charge in [-0.2, -0.15) is 9.78 Å². The minimum Gasteiger partial charge on any atom is -0.376 e. The van der Waals surface area contributed by atoms with Crippen molar-refractivity contribution in [1.82, 2.24) is 15.1 Å². The van der Waals surface area contributed by atoms with E-state index in [2.05, 4.69) is 10.4 Å². The van der Waals surface area contributed by atoms with Crippen LogP contribution in [-0.2, 0) is 4.74 Å². The van der Waals surface area contributed by atoms with Crippen LogP contribution < -0.4 is 10.9 Å². The number of rotatable bonds is 6. The molecule has 0 radical (unpaired) electrons. The largest absolute Gasteiger partial charge is 0.376 e. The lowest BCUT2D eigenvalue weighted by molar-refractivity contribution is 0.0858. The van der Waals surface area contributed by atoms with E-state index in [1.165, 1.54) is 28.1 Å². The van der Waals surface area contributed by atoms with Crippen molar-refractivity contribution >= 4 is 17.7 Å². The molecule has 30 heavy (non-hydrogen) atoms. The molecule has 1 saturated heterocycles. The Kier molecular flexibility index (Phi) is 6.30. The van der Waals surface area contributed by atoms with E-state index < -0.39 is 0 Å². The van der Waals surface area contributed by atoms with Gasteiger partial charge in [-0.25, -0.2) is 0 Å². The first kappa shape index (κ1) is 20.4. The van der Waals surface area contributed by atoms with Gasteiger partial charge in [0, 0.05) is 29.7 Å². The fourth-order valence-corrected chi connectivity index (χ4v) is 4.00. The number of carbonyl (C=O) groups excluding carboxylic acids is 1. The number of nitrogens with one attached hydrogen (secondary N) is 1. The number of carbonyl (C=O) groups is 1. The Bertz CT molecular complexity index is 1070. The standard InChI is InChI=1S/C23H23N3O3S/c1-16-4-10-20(11-5-16)30-21-12-13-22(27)26(25-21)18-8-6-17(7-9-18)23(28)24-15-19-3-2-14-29-19/h4-13,19H,2-3,14-15H2,1H3,(H,24,28)/t19-/m1/s1. The fraction of sp³-hybridized carbons (Fsp3) is 0.261. The third-order valence-corrected chi connectivity index (χ3v) is 5.84. The van der Waals surface area contributed by atoms with Crippen molar-refractivity contribution in [2.75, 3.05) is 13.2 Å². The third-order valence-electron chi connectivity index (χ3n) is 4.91. The molecular weight excluding hydrogens is 398 g/mol. The highest BCUT2D eigenvalue weighted by Crippen LogP contribution is 2.25. The summed E-state index contributed by atoms with van der Waals surface area (Å²) >= 11 is 1.49. The zero-order chi connectivity index (χ0) is 20.9. The van der Waals surface area contributed by atoms with Crippen molar-refractivity contribution in [3.63, 3.8) is 0 Å². The third kappa shape index (κ3) is 4.98. The average molecular weight is 422 g/mol. The molecule has 1 atom stereocenters. The lowest BCUT2D eigenvalue weighted by Gasteiger charge is -2.11. The number of amides is 1. The Labute approximate surface area is 179 Å². The molecule has 3 aromatic rings. The average Bonchev–Trinajstić information content (AvgIpc) is 3.29. The summed E-state index contributed by atoms with van der Waals surface area (Å²) < 4.78 is 6.88. The van der Waals surface area contributed by atoms with Gasteiger partial charge in [-0.05, 0) is 62.2 Å². The van der Waals surface area contributed by atoms with E-state index >= 15 is 0 Å². The first-order valence-electron chi connectivity index (χ1n) is 9.94. The summed E-state index contributed by atoms with van der Waals surface area (Å²) in [6, 6.07) is 18.2. The van der Waals surface area contributed by atoms with Crippen LogP contribution in [0.3, 0.4) is 0 Å². The molecule has 0 aliphatic carbocycles. The van der Waals surface area contributed by atoms with Crippen LogP contribution >= 0.6 is 11.8 Å². The second-order valence-electron chi connectivity index (χ2n) is 7.23. The van der Waals surface area contributed by atoms with Crippen molar-refractivity contribution in [1.29, 1.82) is 0 Å². The van der Waals surface area contributed by atoms with Crippen LogP contribution in [0.5, 0.6) is 0 Å². The van der Waals surface area contributed by atoms with Crippen molar-refractivity contribution in [2.45, 2.75) is 35.8 Å². The van der Waals surface area contributed by atoms with E-state index in [1.807, 2.05) is 31.2 Å². The van der Waals surface area contributed by atoms with Gasteiger partial charge < -0.3 is 10.1 Å². The maximum absolute atomic E-state index is 12.3. The highest BCUT2D eigenvalue weighted by Gasteiger charge is 2.16. The SMILES string of the molecule is Cc1ccc(Sc2ccc(=O)n(-c3ccc(C(=O)NC[C@H]4CCCO4)cc3)n2)cc1. The maximum atomic E-state index is 12.3. The Morgan fingerprint density at radius 2 is 1.90 bits per heavy atom. The molecule has 0 unspecified atom stereocenters. The van der Waals surface area contributed by atoms with Crippen LogP contribution in [0.25, 0.3) is 5.69 Å². The van der Waals surface area contributed by atoms with Crippen molar-refractivity contribution in [3.8, 4) is 5.69 Å². The van der Waals surface area contributed by atoms with Crippen molar-refractivity contribution in [2.24, 2.45) is 0 Å². The summed E-state index contributed by atoms with van der Waals surface area (Å²) in [6.07, 6.45) is 2.12. The number of nitrogens with zero attached hydrogens (tertiary/aromatic N) is 2. The molecule has 0 bridgehead atoms. The minimum atomic E-state index is -0.223. The van der Waals surface area contributed by atoms with Gasteiger partial charge in [0.05, 0.1) is 11.8 Å². The first-order valence-corrected chi connectivity index (χ1v) is 10.8. The molecule has 1 aromatic heterocycles. The highest BCUT2D eigenvalue weighted by molar-refractivity contribution is 7.99. The van der Waals surface area contributed by atoms with Gasteiger partial charge in [-0.15, -0.1) is 0 Å². The normalized spacial score (nSPS) is 15.8. The van der Waals surface area contributed by atoms with Crippen molar-refractivity contribution in [3.05, 3.63) is 82.1 Å². The number of hydrogen-bond donors (Lipinski definition) is 1. The van der Waals surface area contributed by atoms with E-state index in [1.54, 1.807) is 30.3 Å². The van der Waals surface area contributed by atoms with Crippen LogP contribution in [-0.4, -0.2) is 34.9 Å². The van der Waals surface area contributed by atoms with E-state index in [9.17, 15) is 9.59 Å². The van der Waals surface area contributed by atoms with Crippen LogP contribution in [0.15, 0.2) is 75.4 Å². The molecule has 1 aliphatic rings. The van der Waals surface area contributed by atoms with Crippen LogP contribution in [0.1, 0.15) is 28.8 Å². The van der Waals surface area contributed by atoms with Gasteiger partial charge in [0.2, 0.25) is 0 Å². The summed E-state index contributed by atoms with van der Waals surface area (Å²) in [5.41, 5.74) is 2.12. The molecule has 0 spiro atoms. The summed E-state index contributed by atoms with van der Waals surface area (Å²) in [5, 5.41) is 8.09. The second kappa shape index (κ2) is 9.28. The van der Waals surface area contributed by atoms with E-state index in [4.69, 9.17) is 4.74 Å². The lowest BCUT2D eigenvalue weighted by atomic mass is 10.2. The number of aryl methyl sites for hydroxylation is 1. The molecular formula is C23H23N3O3S. The van der Waals surface area contributed by atoms with Crippen LogP contribution in [0.4, 0.5) is 0 Å². The van der Waals surface area contributed by atoms with E-state index in [-0.39, 0.29) is 17.6 Å². The summed E-state index contributed by atoms with van der Waals surface area (Å²) in [7, 11) is 0. The monoisotopic (exact) mass is 421 g/mol. The molecule has 1 N–H and O–H groups in total. The fourth-order valence-electron chi connectivity index (χ4n) is 3.23. The Morgan fingerprint density at radius 1 is 1.13 bits per heavy atom. The van der Waals surface area contributed by atoms with Gasteiger partial charge >= 0.3 is 0 Å². The zero-order valence-electron chi connectivity index (χ0n) is 16.7. The Hall–Kier alpha value is -2.90. The zero-order valence-corrected chi connectivity index (χ0v) is 17.5. The lowest BCUT2D eigenvalue weighted by Crippen LogP contribution is -2.31. The number of benzene rings is 2. The van der Waals surface area contributed by atoms with E-state index in [0.717, 1.165) is 29.4 Å². The predicted octanol–water partition coefficient (Wildman–Crippen LogP) is 3.60. The number of aromatic nitrogens is 2. The highest BCUT2D eigenvalue weighted by atomic mass is 32.2. The molecule has 4 rings (SSSR count). The van der Waals surface area contributed by atoms with Gasteiger partial charge in [-0.3, -0.25) is 9.59 Å². The van der Waals surface area contributed by atoms with Gasteiger partial charge in [-0.1, -0.05) is 29.5 Å². The predicted molar refractivity (Wildman–Crippen MR) is 116 cm³/mol. The van der Waals surface area contributed by atoms with Crippen LogP contribution in [0.2, 0.25) is 0 Å². The molecule has 1 amide bonds. The quantitative estimate of drug-likeness (QED) is 0.658. The Morgan fingerprint density at radius 3 is 2.60 bits per heavy atom. The smallest absolute Gasteiger partial charge is 0.271 e. The molecule has 0 saturated carbocycles. The Balaban J connectivity index is 1.47. The molecule has 1 aliphatic heterocycles. The van der Waals surface area contributed by atoms with Gasteiger partial charge in [0.1, 0.15) is 5.03 Å². The van der Waals surface area contributed by atoms with Gasteiger partial charge in [0.15, 0.2) is 0 Å². The summed E-state index contributed by atoms with van der Waals surface area (Å²) in [4.78, 5) is 25.7. The summed E-state index contributed by atoms with van der Waals surface area (Å²) in [5.74, 6) is -0.152. The minimum absolute atomic E-state index is 0.102. The van der Waals surface area contributed by atoms with Crippen molar-refractivity contribution < 1.29 is 9.53 Å². The molecule has 2 aromatic carbocycles.